The van der Waals surface area contributed by atoms with Gasteiger partial charge in [-0.05, 0) is 73.5 Å². The summed E-state index contributed by atoms with van der Waals surface area (Å²) in [5.74, 6) is -0.666. The summed E-state index contributed by atoms with van der Waals surface area (Å²) in [6, 6.07) is 28.4. The van der Waals surface area contributed by atoms with Gasteiger partial charge in [0.15, 0.2) is 0 Å². The zero-order valence-corrected chi connectivity index (χ0v) is 31.4. The van der Waals surface area contributed by atoms with Crippen molar-refractivity contribution in [2.75, 3.05) is 20.3 Å². The first kappa shape index (κ1) is 41.9. The van der Waals surface area contributed by atoms with E-state index in [1.165, 1.54) is 48.8 Å². The van der Waals surface area contributed by atoms with Crippen LogP contribution in [0.5, 0.6) is 11.5 Å². The van der Waals surface area contributed by atoms with Crippen molar-refractivity contribution in [1.82, 2.24) is 14.5 Å². The van der Waals surface area contributed by atoms with E-state index in [2.05, 4.69) is 9.46 Å². The zero-order valence-electron chi connectivity index (χ0n) is 29.8. The second kappa shape index (κ2) is 19.4. The number of methoxy groups -OCH3 is 1. The van der Waals surface area contributed by atoms with Crippen LogP contribution in [0, 0.1) is 0 Å². The lowest BCUT2D eigenvalue weighted by Gasteiger charge is -2.37. The number of morpholine rings is 1. The second-order valence-corrected chi connectivity index (χ2v) is 15.6. The van der Waals surface area contributed by atoms with E-state index < -0.39 is 56.2 Å². The van der Waals surface area contributed by atoms with Crippen LogP contribution in [0.4, 0.5) is 0 Å². The summed E-state index contributed by atoms with van der Waals surface area (Å²) >= 11 is 0. The van der Waals surface area contributed by atoms with Crippen LogP contribution in [-0.2, 0) is 52.3 Å². The first-order chi connectivity index (χ1) is 25.8. The molecule has 0 bridgehead atoms. The molecular weight excluding hydrogens is 743 g/mol. The maximum Gasteiger partial charge on any atom is 0.326 e. The van der Waals surface area contributed by atoms with Crippen LogP contribution >= 0.6 is 0 Å². The fourth-order valence-electron chi connectivity index (χ4n) is 5.22. The molecule has 0 aromatic heterocycles. The minimum absolute atomic E-state index is 0.0109. The van der Waals surface area contributed by atoms with E-state index in [4.69, 9.17) is 19.4 Å². The highest BCUT2D eigenvalue weighted by Gasteiger charge is 2.42. The number of aliphatic hydroxyl groups excluding tert-OH is 1. The molecule has 1 saturated heterocycles. The van der Waals surface area contributed by atoms with Gasteiger partial charge in [0.25, 0.3) is 5.91 Å². The molecule has 1 aliphatic rings. The molecule has 1 amide bonds. The number of benzene rings is 4. The molecule has 290 valence electrons. The Morgan fingerprint density at radius 3 is 1.74 bits per heavy atom. The summed E-state index contributed by atoms with van der Waals surface area (Å²) in [4.78, 5) is 23.6. The van der Waals surface area contributed by atoms with Crippen LogP contribution in [0.2, 0.25) is 0 Å². The average Bonchev–Trinajstić information content (AvgIpc) is 3.19. The van der Waals surface area contributed by atoms with Crippen molar-refractivity contribution in [2.24, 2.45) is 0 Å². The van der Waals surface area contributed by atoms with Gasteiger partial charge in [-0.2, -0.15) is 9.03 Å². The number of hydrogen-bond acceptors (Lipinski definition) is 12. The van der Waals surface area contributed by atoms with Crippen molar-refractivity contribution in [3.05, 3.63) is 120 Å². The molecule has 15 nitrogen and oxygen atoms in total. The smallest absolute Gasteiger partial charge is 0.326 e. The van der Waals surface area contributed by atoms with Crippen LogP contribution in [0.3, 0.4) is 0 Å². The molecule has 4 N–H and O–H groups in total. The normalized spacial score (nSPS) is 17.2. The van der Waals surface area contributed by atoms with E-state index in [0.29, 0.717) is 24.7 Å². The number of esters is 1. The number of carbonyl (C=O) groups excluding carboxylic acids is 2. The fraction of sp³-hybridized carbons (Fsp3) is 0.297. The molecule has 17 heteroatoms. The highest BCUT2D eigenvalue weighted by atomic mass is 32.2. The summed E-state index contributed by atoms with van der Waals surface area (Å²) < 4.78 is 75.2. The molecule has 4 unspecified atom stereocenters. The molecule has 54 heavy (non-hydrogen) atoms. The van der Waals surface area contributed by atoms with Gasteiger partial charge < -0.3 is 24.1 Å². The van der Waals surface area contributed by atoms with E-state index in [-0.39, 0.29) is 22.9 Å². The number of sulfonamides is 2. The number of aliphatic hydroxyl groups is 1. The Bertz CT molecular complexity index is 2020. The van der Waals surface area contributed by atoms with Gasteiger partial charge >= 0.3 is 5.97 Å². The third kappa shape index (κ3) is 11.3. The predicted molar refractivity (Wildman–Crippen MR) is 195 cm³/mol. The number of rotatable bonds is 14. The fourth-order valence-corrected chi connectivity index (χ4v) is 8.11. The van der Waals surface area contributed by atoms with Gasteiger partial charge in [0, 0.05) is 6.54 Å². The van der Waals surface area contributed by atoms with Crippen LogP contribution in [-0.4, -0.2) is 87.9 Å². The van der Waals surface area contributed by atoms with Gasteiger partial charge in [0.1, 0.15) is 36.8 Å². The molecule has 0 spiro atoms. The molecule has 0 saturated carbocycles. The third-order valence-corrected chi connectivity index (χ3v) is 11.5. The van der Waals surface area contributed by atoms with Crippen molar-refractivity contribution >= 4 is 31.9 Å². The molecule has 4 atom stereocenters. The lowest BCUT2D eigenvalue weighted by atomic mass is 10.1. The number of hydrogen-bond donors (Lipinski definition) is 4. The largest absolute Gasteiger partial charge is 0.489 e. The molecule has 5 rings (SSSR count). The Labute approximate surface area is 314 Å². The summed E-state index contributed by atoms with van der Waals surface area (Å²) in [6.45, 7) is 3.78. The Morgan fingerprint density at radius 1 is 0.815 bits per heavy atom. The van der Waals surface area contributed by atoms with Crippen LogP contribution < -0.4 is 19.7 Å². The predicted octanol–water partition coefficient (Wildman–Crippen LogP) is 3.02. The molecule has 1 fully saturated rings. The number of carbonyl (C=O) groups is 2. The van der Waals surface area contributed by atoms with Crippen molar-refractivity contribution < 1.29 is 55.7 Å². The number of amides is 1. The molecule has 0 radical (unpaired) electrons. The number of nitrogens with one attached hydrogen (secondary N) is 2. The summed E-state index contributed by atoms with van der Waals surface area (Å²) in [6.07, 6.45) is -1.94. The Balaban J connectivity index is 0.000000241. The van der Waals surface area contributed by atoms with E-state index in [1.54, 1.807) is 19.1 Å². The summed E-state index contributed by atoms with van der Waals surface area (Å²) in [5.41, 5.74) is 3.50. The lowest BCUT2D eigenvalue weighted by Crippen LogP contribution is -2.58. The SMILES string of the molecule is CC1OCCN(S(=O)(=O)c2ccc(OCc3ccccc3)cc2)C1C(=O)NO.COC(=O)C(NS(=O)(=O)c1ccc(OCc2ccccc2)cc1)C(C)O. The van der Waals surface area contributed by atoms with Gasteiger partial charge in [0.05, 0.1) is 35.7 Å². The number of ether oxygens (including phenoxy) is 4. The highest BCUT2D eigenvalue weighted by molar-refractivity contribution is 7.89. The number of hydroxylamine groups is 1. The minimum Gasteiger partial charge on any atom is -0.489 e. The van der Waals surface area contributed by atoms with Crippen molar-refractivity contribution in [1.29, 1.82) is 0 Å². The molecule has 1 aliphatic heterocycles. The van der Waals surface area contributed by atoms with Crippen molar-refractivity contribution in [2.45, 2.75) is 61.1 Å². The molecule has 0 aliphatic carbocycles. The van der Waals surface area contributed by atoms with Gasteiger partial charge in [-0.25, -0.2) is 22.3 Å². The topological polar surface area (TPSA) is 207 Å². The van der Waals surface area contributed by atoms with Crippen LogP contribution in [0.25, 0.3) is 0 Å². The van der Waals surface area contributed by atoms with Gasteiger partial charge in [-0.15, -0.1) is 0 Å². The lowest BCUT2D eigenvalue weighted by molar-refractivity contribution is -0.145. The van der Waals surface area contributed by atoms with Crippen LogP contribution in [0.1, 0.15) is 25.0 Å². The van der Waals surface area contributed by atoms with Gasteiger partial charge in [-0.3, -0.25) is 14.8 Å². The zero-order chi connectivity index (χ0) is 39.3. The van der Waals surface area contributed by atoms with E-state index in [0.717, 1.165) is 22.5 Å². The molecule has 4 aromatic carbocycles. The molecule has 1 heterocycles. The Hall–Kier alpha value is -4.88. The Kier molecular flexibility index (Phi) is 15.1. The molecular formula is C37H43N3O12S2. The maximum absolute atomic E-state index is 13.0. The number of nitrogens with zero attached hydrogens (tertiary/aromatic N) is 1. The monoisotopic (exact) mass is 785 g/mol. The highest BCUT2D eigenvalue weighted by Crippen LogP contribution is 2.26. The first-order valence-corrected chi connectivity index (χ1v) is 19.6. The maximum atomic E-state index is 13.0. The van der Waals surface area contributed by atoms with E-state index >= 15 is 0 Å². The minimum atomic E-state index is -4.01. The summed E-state index contributed by atoms with van der Waals surface area (Å²) in [5, 5.41) is 18.6. The van der Waals surface area contributed by atoms with E-state index in [1.807, 2.05) is 60.7 Å². The Morgan fingerprint density at radius 2 is 1.30 bits per heavy atom. The average molecular weight is 786 g/mol. The second-order valence-electron chi connectivity index (χ2n) is 12.0. The van der Waals surface area contributed by atoms with Crippen molar-refractivity contribution in [3.63, 3.8) is 0 Å². The first-order valence-electron chi connectivity index (χ1n) is 16.7. The van der Waals surface area contributed by atoms with Gasteiger partial charge in [0.2, 0.25) is 20.0 Å². The van der Waals surface area contributed by atoms with Crippen LogP contribution in [0.15, 0.2) is 119 Å². The summed E-state index contributed by atoms with van der Waals surface area (Å²) in [7, 11) is -6.85. The standard InChI is InChI=1S/C19H22N2O6S.C18H21NO6S/c1-14-18(19(22)20-23)21(11-12-26-14)28(24,25)17-9-7-16(8-10-17)27-13-15-5-3-2-4-6-15;1-13(20)17(18(21)24-2)19-26(22,23)16-10-8-15(9-11-16)25-12-14-6-4-3-5-7-14/h2-10,14,18,23H,11-13H2,1H3,(H,20,22);3-11,13,17,19-20H,12H2,1-2H3. The van der Waals surface area contributed by atoms with Crippen molar-refractivity contribution in [3.8, 4) is 11.5 Å². The van der Waals surface area contributed by atoms with Gasteiger partial charge in [-0.1, -0.05) is 60.7 Å². The molecule has 4 aromatic rings. The third-order valence-electron chi connectivity index (χ3n) is 8.11. The van der Waals surface area contributed by atoms with E-state index in [9.17, 15) is 31.5 Å². The quantitative estimate of drug-likeness (QED) is 0.0827.